The van der Waals surface area contributed by atoms with E-state index in [0.29, 0.717) is 13.0 Å². The van der Waals surface area contributed by atoms with Gasteiger partial charge >= 0.3 is 0 Å². The maximum atomic E-state index is 10.4. The lowest BCUT2D eigenvalue weighted by atomic mass is 9.98. The van der Waals surface area contributed by atoms with E-state index in [9.17, 15) is 9.90 Å². The van der Waals surface area contributed by atoms with Crippen LogP contribution in [0.3, 0.4) is 0 Å². The van der Waals surface area contributed by atoms with E-state index in [1.54, 1.807) is 4.90 Å². The average molecular weight is 157 g/mol. The minimum atomic E-state index is -0.558. The number of amides is 1. The van der Waals surface area contributed by atoms with Crippen LogP contribution in [-0.2, 0) is 4.79 Å². The molecule has 1 N–H and O–H groups in total. The van der Waals surface area contributed by atoms with E-state index in [1.807, 2.05) is 6.92 Å². The van der Waals surface area contributed by atoms with Gasteiger partial charge in [-0.15, -0.1) is 0 Å². The molecule has 1 fully saturated rings. The summed E-state index contributed by atoms with van der Waals surface area (Å²) in [6.07, 6.45) is 3.27. The van der Waals surface area contributed by atoms with Crippen LogP contribution in [0.2, 0.25) is 0 Å². The van der Waals surface area contributed by atoms with E-state index in [4.69, 9.17) is 0 Å². The monoisotopic (exact) mass is 157 g/mol. The first kappa shape index (κ1) is 8.53. The van der Waals surface area contributed by atoms with E-state index in [2.05, 4.69) is 0 Å². The SMILES string of the molecule is CC1(O)CCCN(C=O)CC1. The molecular weight excluding hydrogens is 142 g/mol. The maximum absolute atomic E-state index is 10.4. The molecule has 64 valence electrons. The number of hydrogen-bond acceptors (Lipinski definition) is 2. The van der Waals surface area contributed by atoms with Crippen molar-refractivity contribution in [1.29, 1.82) is 0 Å². The summed E-state index contributed by atoms with van der Waals surface area (Å²) in [6.45, 7) is 3.32. The van der Waals surface area contributed by atoms with Crippen LogP contribution in [0.4, 0.5) is 0 Å². The molecule has 0 aromatic carbocycles. The molecule has 1 heterocycles. The van der Waals surface area contributed by atoms with E-state index in [1.165, 1.54) is 0 Å². The second-order valence-corrected chi connectivity index (χ2v) is 3.49. The van der Waals surface area contributed by atoms with Crippen molar-refractivity contribution in [3.63, 3.8) is 0 Å². The highest BCUT2D eigenvalue weighted by atomic mass is 16.3. The zero-order valence-corrected chi connectivity index (χ0v) is 6.92. The number of rotatable bonds is 1. The van der Waals surface area contributed by atoms with Gasteiger partial charge < -0.3 is 10.0 Å². The molecule has 11 heavy (non-hydrogen) atoms. The van der Waals surface area contributed by atoms with Crippen LogP contribution in [0.25, 0.3) is 0 Å². The van der Waals surface area contributed by atoms with Crippen molar-refractivity contribution >= 4 is 6.41 Å². The van der Waals surface area contributed by atoms with Gasteiger partial charge in [-0.3, -0.25) is 4.79 Å². The predicted octanol–water partition coefficient (Wildman–Crippen LogP) is 0.380. The number of hydrogen-bond donors (Lipinski definition) is 1. The summed E-state index contributed by atoms with van der Waals surface area (Å²) < 4.78 is 0. The molecule has 0 aromatic heterocycles. The largest absolute Gasteiger partial charge is 0.390 e. The molecule has 1 rings (SSSR count). The highest BCUT2D eigenvalue weighted by Crippen LogP contribution is 2.20. The van der Waals surface area contributed by atoms with Gasteiger partial charge in [0.15, 0.2) is 0 Å². The lowest BCUT2D eigenvalue weighted by Gasteiger charge is -2.20. The van der Waals surface area contributed by atoms with Crippen molar-refractivity contribution in [3.05, 3.63) is 0 Å². The van der Waals surface area contributed by atoms with E-state index in [0.717, 1.165) is 25.8 Å². The summed E-state index contributed by atoms with van der Waals surface area (Å²) in [6, 6.07) is 0. The van der Waals surface area contributed by atoms with Gasteiger partial charge in [-0.2, -0.15) is 0 Å². The third-order valence-corrected chi connectivity index (χ3v) is 2.25. The third kappa shape index (κ3) is 2.50. The quantitative estimate of drug-likeness (QED) is 0.559. The van der Waals surface area contributed by atoms with Crippen molar-refractivity contribution < 1.29 is 9.90 Å². The van der Waals surface area contributed by atoms with Gasteiger partial charge in [0.1, 0.15) is 0 Å². The molecule has 3 nitrogen and oxygen atoms in total. The number of aliphatic hydroxyl groups is 1. The minimum Gasteiger partial charge on any atom is -0.390 e. The van der Waals surface area contributed by atoms with E-state index < -0.39 is 5.60 Å². The second kappa shape index (κ2) is 3.22. The molecule has 0 bridgehead atoms. The van der Waals surface area contributed by atoms with Crippen molar-refractivity contribution in [2.45, 2.75) is 31.8 Å². The Morgan fingerprint density at radius 1 is 1.45 bits per heavy atom. The van der Waals surface area contributed by atoms with Crippen molar-refractivity contribution in [3.8, 4) is 0 Å². The van der Waals surface area contributed by atoms with Gasteiger partial charge in [0.05, 0.1) is 5.60 Å². The fraction of sp³-hybridized carbons (Fsp3) is 0.875. The van der Waals surface area contributed by atoms with E-state index >= 15 is 0 Å². The first-order valence-electron chi connectivity index (χ1n) is 4.06. The summed E-state index contributed by atoms with van der Waals surface area (Å²) >= 11 is 0. The van der Waals surface area contributed by atoms with Crippen LogP contribution in [0.1, 0.15) is 26.2 Å². The molecular formula is C8H15NO2. The zero-order valence-electron chi connectivity index (χ0n) is 6.92. The lowest BCUT2D eigenvalue weighted by molar-refractivity contribution is -0.118. The van der Waals surface area contributed by atoms with Gasteiger partial charge in [0.2, 0.25) is 6.41 Å². The third-order valence-electron chi connectivity index (χ3n) is 2.25. The van der Waals surface area contributed by atoms with Crippen LogP contribution < -0.4 is 0 Å². The molecule has 0 aliphatic carbocycles. The van der Waals surface area contributed by atoms with Gasteiger partial charge in [-0.1, -0.05) is 0 Å². The Labute approximate surface area is 67.0 Å². The molecule has 0 aromatic rings. The molecule has 1 aliphatic heterocycles. The van der Waals surface area contributed by atoms with Crippen LogP contribution in [0.15, 0.2) is 0 Å². The Bertz CT molecular complexity index is 145. The molecule has 0 spiro atoms. The van der Waals surface area contributed by atoms with Crippen LogP contribution >= 0.6 is 0 Å². The maximum Gasteiger partial charge on any atom is 0.209 e. The Balaban J connectivity index is 2.45. The number of nitrogens with zero attached hydrogens (tertiary/aromatic N) is 1. The van der Waals surface area contributed by atoms with Crippen molar-refractivity contribution in [2.24, 2.45) is 0 Å². The number of likely N-dealkylation sites (tertiary alicyclic amines) is 1. The summed E-state index contributed by atoms with van der Waals surface area (Å²) in [4.78, 5) is 12.1. The zero-order chi connectivity index (χ0) is 8.32. The van der Waals surface area contributed by atoms with Crippen molar-refractivity contribution in [2.75, 3.05) is 13.1 Å². The standard InChI is InChI=1S/C8H15NO2/c1-8(11)3-2-5-9(7-10)6-4-8/h7,11H,2-6H2,1H3. The summed E-state index contributed by atoms with van der Waals surface area (Å²) in [5.41, 5.74) is -0.558. The molecule has 0 radical (unpaired) electrons. The number of carbonyl (C=O) groups excluding carboxylic acids is 1. The molecule has 1 amide bonds. The number of carbonyl (C=O) groups is 1. The van der Waals surface area contributed by atoms with Gasteiger partial charge in [-0.05, 0) is 26.2 Å². The van der Waals surface area contributed by atoms with Gasteiger partial charge in [-0.25, -0.2) is 0 Å². The first-order chi connectivity index (χ1) is 5.14. The Hall–Kier alpha value is -0.570. The fourth-order valence-corrected chi connectivity index (χ4v) is 1.39. The van der Waals surface area contributed by atoms with Crippen LogP contribution in [-0.4, -0.2) is 35.1 Å². The smallest absolute Gasteiger partial charge is 0.209 e. The van der Waals surface area contributed by atoms with Gasteiger partial charge in [0, 0.05) is 13.1 Å². The van der Waals surface area contributed by atoms with Crippen LogP contribution in [0.5, 0.6) is 0 Å². The van der Waals surface area contributed by atoms with E-state index in [-0.39, 0.29) is 0 Å². The summed E-state index contributed by atoms with van der Waals surface area (Å²) in [5, 5.41) is 9.63. The normalized spacial score (nSPS) is 33.1. The first-order valence-corrected chi connectivity index (χ1v) is 4.06. The molecule has 1 atom stereocenters. The summed E-state index contributed by atoms with van der Waals surface area (Å²) in [7, 11) is 0. The predicted molar refractivity (Wildman–Crippen MR) is 42.1 cm³/mol. The molecule has 3 heteroatoms. The van der Waals surface area contributed by atoms with Crippen LogP contribution in [0, 0.1) is 0 Å². The second-order valence-electron chi connectivity index (χ2n) is 3.49. The summed E-state index contributed by atoms with van der Waals surface area (Å²) in [5.74, 6) is 0. The van der Waals surface area contributed by atoms with Crippen molar-refractivity contribution in [1.82, 2.24) is 4.90 Å². The topological polar surface area (TPSA) is 40.5 Å². The minimum absolute atomic E-state index is 0.558. The van der Waals surface area contributed by atoms with Gasteiger partial charge in [0.25, 0.3) is 0 Å². The average Bonchev–Trinajstić information content (AvgIpc) is 2.10. The Morgan fingerprint density at radius 2 is 2.18 bits per heavy atom. The fourth-order valence-electron chi connectivity index (χ4n) is 1.39. The molecule has 0 saturated carbocycles. The Kier molecular flexibility index (Phi) is 2.49. The highest BCUT2D eigenvalue weighted by molar-refractivity contribution is 5.46. The highest BCUT2D eigenvalue weighted by Gasteiger charge is 2.23. The Morgan fingerprint density at radius 3 is 2.82 bits per heavy atom. The lowest BCUT2D eigenvalue weighted by Crippen LogP contribution is -2.27. The molecule has 1 aliphatic rings. The molecule has 1 saturated heterocycles. The molecule has 1 unspecified atom stereocenters.